The van der Waals surface area contributed by atoms with Crippen LogP contribution >= 0.6 is 0 Å². The van der Waals surface area contributed by atoms with Gasteiger partial charge >= 0.3 is 0 Å². The van der Waals surface area contributed by atoms with Crippen molar-refractivity contribution in [1.82, 2.24) is 15.3 Å². The first-order valence-corrected chi connectivity index (χ1v) is 15.3. The second kappa shape index (κ2) is 9.15. The molecule has 0 radical (unpaired) electrons. The van der Waals surface area contributed by atoms with Gasteiger partial charge in [-0.15, -0.1) is 0 Å². The Morgan fingerprint density at radius 2 is 1.89 bits per heavy atom. The molecule has 3 atom stereocenters. The number of aliphatic hydroxyl groups is 1. The lowest BCUT2D eigenvalue weighted by Crippen LogP contribution is -2.61. The van der Waals surface area contributed by atoms with E-state index in [9.17, 15) is 22.7 Å². The zero-order chi connectivity index (χ0) is 26.8. The summed E-state index contributed by atoms with van der Waals surface area (Å²) in [7, 11) is -3.48. The zero-order valence-corrected chi connectivity index (χ0v) is 22.5. The molecule has 1 aromatic carbocycles. The van der Waals surface area contributed by atoms with Crippen LogP contribution in [0.1, 0.15) is 49.5 Å². The molecule has 204 valence electrons. The van der Waals surface area contributed by atoms with E-state index in [0.29, 0.717) is 54.7 Å². The number of halogens is 1. The Labute approximate surface area is 222 Å². The molecule has 1 aromatic heterocycles. The van der Waals surface area contributed by atoms with E-state index >= 15 is 0 Å². The van der Waals surface area contributed by atoms with Crippen molar-refractivity contribution in [2.24, 2.45) is 17.8 Å². The first-order valence-electron chi connectivity index (χ1n) is 13.4. The van der Waals surface area contributed by atoms with Gasteiger partial charge in [0.05, 0.1) is 16.2 Å². The predicted molar refractivity (Wildman–Crippen MR) is 140 cm³/mol. The summed E-state index contributed by atoms with van der Waals surface area (Å²) in [6, 6.07) is 5.64. The van der Waals surface area contributed by atoms with E-state index in [1.54, 1.807) is 12.3 Å². The largest absolute Gasteiger partial charge is 0.390 e. The van der Waals surface area contributed by atoms with Crippen molar-refractivity contribution in [2.75, 3.05) is 35.7 Å². The van der Waals surface area contributed by atoms with E-state index in [1.165, 1.54) is 12.1 Å². The Kier molecular flexibility index (Phi) is 6.14. The van der Waals surface area contributed by atoms with Gasteiger partial charge in [0.1, 0.15) is 11.5 Å². The molecular weight excluding hydrogens is 509 g/mol. The second-order valence-corrected chi connectivity index (χ2v) is 13.8. The normalized spacial score (nSPS) is 32.5. The number of aromatic nitrogens is 2. The number of nitrogens with one attached hydrogen (secondary N) is 1. The van der Waals surface area contributed by atoms with Crippen molar-refractivity contribution in [3.63, 3.8) is 0 Å². The molecular formula is C27H34FN5O4S. The summed E-state index contributed by atoms with van der Waals surface area (Å²) >= 11 is 0. The fourth-order valence-electron chi connectivity index (χ4n) is 7.50. The van der Waals surface area contributed by atoms with Gasteiger partial charge in [-0.25, -0.2) is 22.8 Å². The summed E-state index contributed by atoms with van der Waals surface area (Å²) < 4.78 is 38.3. The summed E-state index contributed by atoms with van der Waals surface area (Å²) in [6.07, 6.45) is 7.22. The molecule has 11 heteroatoms. The number of hydrogen-bond donors (Lipinski definition) is 2. The SMILES string of the molecule is C[C@@H]1CN(c2ccc(S(C)(=O)=O)cc2F)CCN1c1nccc(C(=O)NC2C3CC4CC2CC(O)(C4)C3)n1. The van der Waals surface area contributed by atoms with Crippen LogP contribution < -0.4 is 15.1 Å². The number of amides is 1. The van der Waals surface area contributed by atoms with Gasteiger partial charge in [0.2, 0.25) is 5.95 Å². The molecule has 2 N–H and O–H groups in total. The van der Waals surface area contributed by atoms with E-state index in [4.69, 9.17) is 0 Å². The number of hydrogen-bond acceptors (Lipinski definition) is 8. The fraction of sp³-hybridized carbons (Fsp3) is 0.593. The highest BCUT2D eigenvalue weighted by Crippen LogP contribution is 2.55. The minimum absolute atomic E-state index is 0.0431. The number of benzene rings is 1. The Bertz CT molecular complexity index is 1350. The maximum atomic E-state index is 14.8. The van der Waals surface area contributed by atoms with Crippen LogP contribution in [0.3, 0.4) is 0 Å². The van der Waals surface area contributed by atoms with Gasteiger partial charge in [-0.1, -0.05) is 0 Å². The van der Waals surface area contributed by atoms with Gasteiger partial charge in [0.25, 0.3) is 5.91 Å². The summed E-state index contributed by atoms with van der Waals surface area (Å²) in [5, 5.41) is 14.1. The molecule has 5 aliphatic rings. The number of rotatable bonds is 5. The van der Waals surface area contributed by atoms with E-state index < -0.39 is 21.3 Å². The first-order chi connectivity index (χ1) is 18.0. The molecule has 2 unspecified atom stereocenters. The molecule has 1 amide bonds. The lowest BCUT2D eigenvalue weighted by atomic mass is 9.52. The van der Waals surface area contributed by atoms with Crippen LogP contribution in [0.15, 0.2) is 35.4 Å². The number of nitrogens with zero attached hydrogens (tertiary/aromatic N) is 4. The average molecular weight is 544 g/mol. The second-order valence-electron chi connectivity index (χ2n) is 11.8. The highest BCUT2D eigenvalue weighted by atomic mass is 32.2. The van der Waals surface area contributed by atoms with Crippen LogP contribution in [0.5, 0.6) is 0 Å². The highest BCUT2D eigenvalue weighted by Gasteiger charge is 2.55. The van der Waals surface area contributed by atoms with Gasteiger partial charge in [-0.3, -0.25) is 4.79 Å². The fourth-order valence-corrected chi connectivity index (χ4v) is 8.14. The smallest absolute Gasteiger partial charge is 0.270 e. The number of carbonyl (C=O) groups excluding carboxylic acids is 1. The Balaban J connectivity index is 1.13. The number of piperazine rings is 1. The standard InChI is InChI=1S/C27H34FN5O4S/c1-16-15-32(23-4-3-20(11-21(23)28)38(2,36)37)7-8-33(16)26-29-6-5-22(30-26)25(34)31-24-18-9-17-10-19(24)14-27(35,12-17)13-18/h3-6,11,16-19,24,35H,7-10,12-15H2,1-2H3,(H,31,34)/t16-,17?,18?,19?,24?,27?/m1/s1. The van der Waals surface area contributed by atoms with Gasteiger partial charge in [0.15, 0.2) is 9.84 Å². The Morgan fingerprint density at radius 1 is 1.16 bits per heavy atom. The summed E-state index contributed by atoms with van der Waals surface area (Å²) in [5.74, 6) is 0.880. The van der Waals surface area contributed by atoms with Crippen LogP contribution in [0.2, 0.25) is 0 Å². The van der Waals surface area contributed by atoms with Crippen molar-refractivity contribution in [3.8, 4) is 0 Å². The Morgan fingerprint density at radius 3 is 2.53 bits per heavy atom. The lowest BCUT2D eigenvalue weighted by Gasteiger charge is -2.58. The summed E-state index contributed by atoms with van der Waals surface area (Å²) in [5.41, 5.74) is 0.134. The van der Waals surface area contributed by atoms with Crippen molar-refractivity contribution >= 4 is 27.4 Å². The van der Waals surface area contributed by atoms with E-state index in [-0.39, 0.29) is 22.9 Å². The Hall–Kier alpha value is -2.79. The molecule has 38 heavy (non-hydrogen) atoms. The number of sulfone groups is 1. The molecule has 1 aliphatic heterocycles. The monoisotopic (exact) mass is 543 g/mol. The van der Waals surface area contributed by atoms with Gasteiger partial charge in [0, 0.05) is 44.2 Å². The molecule has 5 fully saturated rings. The molecule has 9 nitrogen and oxygen atoms in total. The van der Waals surface area contributed by atoms with Crippen LogP contribution in [-0.2, 0) is 9.84 Å². The molecule has 4 bridgehead atoms. The minimum atomic E-state index is -3.48. The molecule has 2 heterocycles. The third kappa shape index (κ3) is 4.64. The van der Waals surface area contributed by atoms with Crippen LogP contribution in [-0.4, -0.2) is 73.0 Å². The van der Waals surface area contributed by atoms with Crippen LogP contribution in [0.4, 0.5) is 16.0 Å². The zero-order valence-electron chi connectivity index (χ0n) is 21.7. The molecule has 7 rings (SSSR count). The van der Waals surface area contributed by atoms with Crippen molar-refractivity contribution in [2.45, 2.75) is 61.6 Å². The predicted octanol–water partition coefficient (Wildman–Crippen LogP) is 2.40. The maximum absolute atomic E-state index is 14.8. The quantitative estimate of drug-likeness (QED) is 0.591. The molecule has 0 spiro atoms. The molecule has 2 aromatic rings. The number of carbonyl (C=O) groups is 1. The van der Waals surface area contributed by atoms with E-state index in [2.05, 4.69) is 15.3 Å². The van der Waals surface area contributed by atoms with Crippen molar-refractivity contribution in [1.29, 1.82) is 0 Å². The van der Waals surface area contributed by atoms with E-state index in [0.717, 1.165) is 44.4 Å². The van der Waals surface area contributed by atoms with Crippen LogP contribution in [0, 0.1) is 23.6 Å². The van der Waals surface area contributed by atoms with Gasteiger partial charge < -0.3 is 20.2 Å². The highest BCUT2D eigenvalue weighted by molar-refractivity contribution is 7.90. The van der Waals surface area contributed by atoms with Crippen LogP contribution in [0.25, 0.3) is 0 Å². The summed E-state index contributed by atoms with van der Waals surface area (Å²) in [6.45, 7) is 3.50. The van der Waals surface area contributed by atoms with E-state index in [1.807, 2.05) is 16.7 Å². The first kappa shape index (κ1) is 25.5. The topological polar surface area (TPSA) is 116 Å². The third-order valence-electron chi connectivity index (χ3n) is 8.99. The van der Waals surface area contributed by atoms with Crippen molar-refractivity contribution in [3.05, 3.63) is 42.0 Å². The third-order valence-corrected chi connectivity index (χ3v) is 10.1. The average Bonchev–Trinajstić information content (AvgIpc) is 2.84. The minimum Gasteiger partial charge on any atom is -0.390 e. The maximum Gasteiger partial charge on any atom is 0.270 e. The number of anilines is 2. The molecule has 1 saturated heterocycles. The molecule has 4 saturated carbocycles. The molecule has 4 aliphatic carbocycles. The van der Waals surface area contributed by atoms with Gasteiger partial charge in [-0.2, -0.15) is 0 Å². The van der Waals surface area contributed by atoms with Crippen molar-refractivity contribution < 1.29 is 22.7 Å². The lowest BCUT2D eigenvalue weighted by molar-refractivity contribution is -0.136. The van der Waals surface area contributed by atoms with Gasteiger partial charge in [-0.05, 0) is 81.0 Å². The summed E-state index contributed by atoms with van der Waals surface area (Å²) in [4.78, 5) is 26.1.